The minimum absolute atomic E-state index is 0.190. The van der Waals surface area contributed by atoms with Gasteiger partial charge in [0.25, 0.3) is 0 Å². The minimum Gasteiger partial charge on any atom is -0.411 e. The number of hydrogen-bond donors (Lipinski definition) is 2. The molecule has 0 radical (unpaired) electrons. The molecule has 2 fully saturated rings. The summed E-state index contributed by atoms with van der Waals surface area (Å²) in [5, 5.41) is 17.4. The maximum Gasteiger partial charge on any atom is 0.0773 e. The summed E-state index contributed by atoms with van der Waals surface area (Å²) in [6, 6.07) is 5.71. The normalized spacial score (nSPS) is 31.3. The third-order valence-electron chi connectivity index (χ3n) is 4.32. The lowest BCUT2D eigenvalue weighted by molar-refractivity contribution is 0.309. The van der Waals surface area contributed by atoms with Gasteiger partial charge in [-0.3, -0.25) is 0 Å². The Morgan fingerprint density at radius 3 is 2.89 bits per heavy atom. The minimum atomic E-state index is 0.190. The second-order valence-corrected chi connectivity index (χ2v) is 6.23. The van der Waals surface area contributed by atoms with E-state index in [0.29, 0.717) is 28.4 Å². The second kappa shape index (κ2) is 5.31. The standard InChI is InChI=1S/C14H16Cl2N2O/c15-11-4-3-10(12(16)6-11)7-17-13-8-1-2-9(5-8)14(13)18-19/h3-4,6,8-9,13,17,19H,1-2,5,7H2/b18-14-. The van der Waals surface area contributed by atoms with Crippen molar-refractivity contribution in [3.63, 3.8) is 0 Å². The van der Waals surface area contributed by atoms with Crippen LogP contribution in [0.2, 0.25) is 10.0 Å². The van der Waals surface area contributed by atoms with E-state index in [1.807, 2.05) is 12.1 Å². The number of nitrogens with one attached hydrogen (secondary N) is 1. The lowest BCUT2D eigenvalue weighted by Gasteiger charge is -2.24. The van der Waals surface area contributed by atoms with Gasteiger partial charge in [0, 0.05) is 22.5 Å². The SMILES string of the molecule is O/N=C1/C2CCC(C2)C1NCc1ccc(Cl)cc1Cl. The molecule has 0 amide bonds. The van der Waals surface area contributed by atoms with Crippen molar-refractivity contribution in [2.75, 3.05) is 0 Å². The predicted octanol–water partition coefficient (Wildman–Crippen LogP) is 3.71. The van der Waals surface area contributed by atoms with Crippen LogP contribution in [0.3, 0.4) is 0 Å². The molecule has 1 aromatic rings. The summed E-state index contributed by atoms with van der Waals surface area (Å²) in [5.41, 5.74) is 1.94. The molecule has 3 nitrogen and oxygen atoms in total. The zero-order chi connectivity index (χ0) is 13.4. The van der Waals surface area contributed by atoms with Crippen molar-refractivity contribution in [1.82, 2.24) is 5.32 Å². The third kappa shape index (κ3) is 2.47. The molecular formula is C14H16Cl2N2O. The van der Waals surface area contributed by atoms with Crippen molar-refractivity contribution in [1.29, 1.82) is 0 Å². The molecule has 0 heterocycles. The Bertz CT molecular complexity index is 518. The Kier molecular flexibility index (Phi) is 3.70. The third-order valence-corrected chi connectivity index (χ3v) is 4.91. The number of halogens is 2. The fourth-order valence-corrected chi connectivity index (χ4v) is 3.86. The van der Waals surface area contributed by atoms with Crippen LogP contribution < -0.4 is 5.32 Å². The molecule has 2 aliphatic rings. The highest BCUT2D eigenvalue weighted by atomic mass is 35.5. The highest BCUT2D eigenvalue weighted by Gasteiger charge is 2.45. The number of benzene rings is 1. The monoisotopic (exact) mass is 298 g/mol. The lowest BCUT2D eigenvalue weighted by atomic mass is 9.93. The molecule has 0 aliphatic heterocycles. The van der Waals surface area contributed by atoms with E-state index in [1.165, 1.54) is 6.42 Å². The van der Waals surface area contributed by atoms with E-state index in [4.69, 9.17) is 28.4 Å². The van der Waals surface area contributed by atoms with Gasteiger partial charge in [-0.2, -0.15) is 0 Å². The first kappa shape index (κ1) is 13.2. The van der Waals surface area contributed by atoms with Crippen LogP contribution in [-0.4, -0.2) is 17.0 Å². The Morgan fingerprint density at radius 1 is 1.32 bits per heavy atom. The van der Waals surface area contributed by atoms with Crippen molar-refractivity contribution in [3.8, 4) is 0 Å². The van der Waals surface area contributed by atoms with Gasteiger partial charge in [-0.05, 0) is 42.9 Å². The Morgan fingerprint density at radius 2 is 2.16 bits per heavy atom. The molecule has 2 aliphatic carbocycles. The fraction of sp³-hybridized carbons (Fsp3) is 0.500. The average Bonchev–Trinajstić information content (AvgIpc) is 2.98. The maximum absolute atomic E-state index is 9.15. The summed E-state index contributed by atoms with van der Waals surface area (Å²) in [4.78, 5) is 0. The zero-order valence-corrected chi connectivity index (χ0v) is 12.0. The highest BCUT2D eigenvalue weighted by molar-refractivity contribution is 6.35. The van der Waals surface area contributed by atoms with Gasteiger partial charge in [-0.15, -0.1) is 0 Å². The van der Waals surface area contributed by atoms with Gasteiger partial charge in [-0.25, -0.2) is 0 Å². The summed E-state index contributed by atoms with van der Waals surface area (Å²) in [6.07, 6.45) is 3.52. The van der Waals surface area contributed by atoms with E-state index >= 15 is 0 Å². The molecule has 19 heavy (non-hydrogen) atoms. The van der Waals surface area contributed by atoms with Gasteiger partial charge in [0.15, 0.2) is 0 Å². The summed E-state index contributed by atoms with van der Waals surface area (Å²) in [7, 11) is 0. The van der Waals surface area contributed by atoms with E-state index < -0.39 is 0 Å². The van der Waals surface area contributed by atoms with E-state index in [0.717, 1.165) is 24.1 Å². The van der Waals surface area contributed by atoms with Crippen LogP contribution in [0.1, 0.15) is 24.8 Å². The maximum atomic E-state index is 9.15. The Labute approximate surface area is 122 Å². The molecule has 0 saturated heterocycles. The molecule has 5 heteroatoms. The van der Waals surface area contributed by atoms with E-state index in [-0.39, 0.29) is 6.04 Å². The zero-order valence-electron chi connectivity index (χ0n) is 10.4. The van der Waals surface area contributed by atoms with Crippen molar-refractivity contribution in [2.45, 2.75) is 31.8 Å². The van der Waals surface area contributed by atoms with E-state index in [1.54, 1.807) is 6.07 Å². The van der Waals surface area contributed by atoms with Crippen molar-refractivity contribution in [3.05, 3.63) is 33.8 Å². The molecule has 2 saturated carbocycles. The quantitative estimate of drug-likeness (QED) is 0.660. The molecule has 102 valence electrons. The Balaban J connectivity index is 1.69. The molecule has 3 atom stereocenters. The van der Waals surface area contributed by atoms with Crippen LogP contribution in [0.5, 0.6) is 0 Å². The molecule has 2 N–H and O–H groups in total. The lowest BCUT2D eigenvalue weighted by Crippen LogP contribution is -2.40. The molecular weight excluding hydrogens is 283 g/mol. The van der Waals surface area contributed by atoms with Crippen molar-refractivity contribution >= 4 is 28.9 Å². The Hall–Kier alpha value is -0.770. The highest BCUT2D eigenvalue weighted by Crippen LogP contribution is 2.43. The number of nitrogens with zero attached hydrogens (tertiary/aromatic N) is 1. The number of hydrogen-bond acceptors (Lipinski definition) is 3. The summed E-state index contributed by atoms with van der Waals surface area (Å²) < 4.78 is 0. The van der Waals surface area contributed by atoms with Gasteiger partial charge in [-0.1, -0.05) is 34.4 Å². The molecule has 2 bridgehead atoms. The topological polar surface area (TPSA) is 44.6 Å². The van der Waals surface area contributed by atoms with Crippen LogP contribution >= 0.6 is 23.2 Å². The molecule has 1 aromatic carbocycles. The summed E-state index contributed by atoms with van der Waals surface area (Å²) in [5.74, 6) is 1.06. The molecule has 3 unspecified atom stereocenters. The van der Waals surface area contributed by atoms with E-state index in [9.17, 15) is 0 Å². The van der Waals surface area contributed by atoms with Crippen molar-refractivity contribution < 1.29 is 5.21 Å². The smallest absolute Gasteiger partial charge is 0.0773 e. The summed E-state index contributed by atoms with van der Waals surface area (Å²) in [6.45, 7) is 0.670. The van der Waals surface area contributed by atoms with Gasteiger partial charge in [0.05, 0.1) is 11.8 Å². The predicted molar refractivity (Wildman–Crippen MR) is 77.1 cm³/mol. The van der Waals surface area contributed by atoms with Gasteiger partial charge in [0.2, 0.25) is 0 Å². The van der Waals surface area contributed by atoms with Gasteiger partial charge >= 0.3 is 0 Å². The van der Waals surface area contributed by atoms with Gasteiger partial charge in [0.1, 0.15) is 0 Å². The average molecular weight is 299 g/mol. The first-order valence-electron chi connectivity index (χ1n) is 6.58. The largest absolute Gasteiger partial charge is 0.411 e. The molecule has 0 spiro atoms. The fourth-order valence-electron chi connectivity index (χ4n) is 3.38. The van der Waals surface area contributed by atoms with Gasteiger partial charge < -0.3 is 10.5 Å². The van der Waals surface area contributed by atoms with Crippen LogP contribution in [0.4, 0.5) is 0 Å². The first-order chi connectivity index (χ1) is 9.19. The number of oxime groups is 1. The van der Waals surface area contributed by atoms with Crippen LogP contribution in [0.15, 0.2) is 23.4 Å². The second-order valence-electron chi connectivity index (χ2n) is 5.39. The number of rotatable bonds is 3. The van der Waals surface area contributed by atoms with Crippen LogP contribution in [0.25, 0.3) is 0 Å². The molecule has 0 aromatic heterocycles. The number of fused-ring (bicyclic) bond motifs is 2. The van der Waals surface area contributed by atoms with Crippen LogP contribution in [0, 0.1) is 11.8 Å². The molecule has 3 rings (SSSR count). The summed E-state index contributed by atoms with van der Waals surface area (Å²) >= 11 is 12.0. The first-order valence-corrected chi connectivity index (χ1v) is 7.33. The van der Waals surface area contributed by atoms with Crippen molar-refractivity contribution in [2.24, 2.45) is 17.0 Å². The van der Waals surface area contributed by atoms with Crippen LogP contribution in [-0.2, 0) is 6.54 Å². The van der Waals surface area contributed by atoms with E-state index in [2.05, 4.69) is 10.5 Å².